The Labute approximate surface area is 196 Å². The van der Waals surface area contributed by atoms with E-state index in [0.717, 1.165) is 48.9 Å². The van der Waals surface area contributed by atoms with Crippen LogP contribution in [0.2, 0.25) is 0 Å². The number of rotatable bonds is 9. The SMILES string of the molecule is O=S(=O)(c1ccc(CNC2CCCc3cccnc32)cc1)N(Cc1ccccc1)CC1CC1. The number of pyridine rings is 1. The predicted molar refractivity (Wildman–Crippen MR) is 130 cm³/mol. The van der Waals surface area contributed by atoms with E-state index >= 15 is 0 Å². The summed E-state index contributed by atoms with van der Waals surface area (Å²) in [6.45, 7) is 1.70. The molecule has 0 saturated heterocycles. The largest absolute Gasteiger partial charge is 0.305 e. The average molecular weight is 462 g/mol. The number of nitrogens with one attached hydrogen (secondary N) is 1. The van der Waals surface area contributed by atoms with Gasteiger partial charge in [-0.2, -0.15) is 4.31 Å². The van der Waals surface area contributed by atoms with Gasteiger partial charge in [-0.05, 0) is 72.9 Å². The van der Waals surface area contributed by atoms with Crippen LogP contribution in [0.5, 0.6) is 0 Å². The molecule has 5 nitrogen and oxygen atoms in total. The highest BCUT2D eigenvalue weighted by Crippen LogP contribution is 2.32. The quantitative estimate of drug-likeness (QED) is 0.495. The molecule has 6 heteroatoms. The number of aromatic nitrogens is 1. The molecular weight excluding hydrogens is 430 g/mol. The minimum atomic E-state index is -3.54. The van der Waals surface area contributed by atoms with Gasteiger partial charge in [0.25, 0.3) is 0 Å². The number of fused-ring (bicyclic) bond motifs is 1. The summed E-state index contributed by atoms with van der Waals surface area (Å²) >= 11 is 0. The number of benzene rings is 2. The van der Waals surface area contributed by atoms with Gasteiger partial charge < -0.3 is 5.32 Å². The maximum Gasteiger partial charge on any atom is 0.243 e. The summed E-state index contributed by atoms with van der Waals surface area (Å²) in [4.78, 5) is 4.96. The standard InChI is InChI=1S/C27H31N3O2S/c31-33(32,30(20-23-11-12-23)19-22-6-2-1-3-7-22)25-15-13-21(14-16-25)18-29-26-10-4-8-24-9-5-17-28-27(24)26/h1-3,5-7,9,13-17,23,26,29H,4,8,10-12,18-20H2. The lowest BCUT2D eigenvalue weighted by molar-refractivity contribution is 0.391. The van der Waals surface area contributed by atoms with Crippen molar-refractivity contribution in [2.75, 3.05) is 6.54 Å². The van der Waals surface area contributed by atoms with Gasteiger partial charge in [0.15, 0.2) is 0 Å². The van der Waals surface area contributed by atoms with Crippen LogP contribution in [0.3, 0.4) is 0 Å². The number of sulfonamides is 1. The highest BCUT2D eigenvalue weighted by Gasteiger charge is 2.31. The van der Waals surface area contributed by atoms with E-state index in [1.165, 1.54) is 5.56 Å². The summed E-state index contributed by atoms with van der Waals surface area (Å²) in [6.07, 6.45) is 7.42. The fourth-order valence-electron chi connectivity index (χ4n) is 4.60. The second kappa shape index (κ2) is 9.75. The lowest BCUT2D eigenvalue weighted by atomic mass is 9.92. The summed E-state index contributed by atoms with van der Waals surface area (Å²) < 4.78 is 28.6. The second-order valence-electron chi connectivity index (χ2n) is 9.24. The first-order valence-corrected chi connectivity index (χ1v) is 13.3. The van der Waals surface area contributed by atoms with Gasteiger partial charge in [0.05, 0.1) is 16.6 Å². The zero-order chi connectivity index (χ0) is 22.7. The Morgan fingerprint density at radius 2 is 1.70 bits per heavy atom. The van der Waals surface area contributed by atoms with Crippen molar-refractivity contribution in [2.45, 2.75) is 56.1 Å². The van der Waals surface area contributed by atoms with Gasteiger partial charge in [-0.15, -0.1) is 0 Å². The van der Waals surface area contributed by atoms with Gasteiger partial charge in [0.2, 0.25) is 10.0 Å². The molecule has 33 heavy (non-hydrogen) atoms. The molecule has 2 aromatic carbocycles. The zero-order valence-corrected chi connectivity index (χ0v) is 19.7. The minimum Gasteiger partial charge on any atom is -0.305 e. The van der Waals surface area contributed by atoms with Gasteiger partial charge in [-0.25, -0.2) is 8.42 Å². The van der Waals surface area contributed by atoms with Crippen LogP contribution in [-0.2, 0) is 29.5 Å². The zero-order valence-electron chi connectivity index (χ0n) is 18.9. The molecule has 0 amide bonds. The molecule has 1 saturated carbocycles. The normalized spacial score (nSPS) is 18.3. The van der Waals surface area contributed by atoms with Crippen LogP contribution in [-0.4, -0.2) is 24.3 Å². The summed E-state index contributed by atoms with van der Waals surface area (Å²) in [5.41, 5.74) is 4.58. The smallest absolute Gasteiger partial charge is 0.243 e. The second-order valence-corrected chi connectivity index (χ2v) is 11.2. The summed E-state index contributed by atoms with van der Waals surface area (Å²) in [5, 5.41) is 3.62. The Morgan fingerprint density at radius 3 is 2.45 bits per heavy atom. The summed E-state index contributed by atoms with van der Waals surface area (Å²) in [5.74, 6) is 0.485. The third-order valence-electron chi connectivity index (χ3n) is 6.67. The van der Waals surface area contributed by atoms with Gasteiger partial charge >= 0.3 is 0 Å². The number of nitrogens with zero attached hydrogens (tertiary/aromatic N) is 2. The molecule has 1 unspecified atom stereocenters. The van der Waals surface area contributed by atoms with Crippen molar-refractivity contribution in [3.05, 3.63) is 95.3 Å². The predicted octanol–water partition coefficient (Wildman–Crippen LogP) is 4.85. The molecule has 5 rings (SSSR count). The topological polar surface area (TPSA) is 62.3 Å². The Bertz CT molecular complexity index is 1180. The first-order valence-electron chi connectivity index (χ1n) is 11.9. The van der Waals surface area contributed by atoms with Crippen LogP contribution < -0.4 is 5.32 Å². The molecule has 2 aliphatic rings. The Balaban J connectivity index is 1.27. The third kappa shape index (κ3) is 5.35. The molecule has 1 N–H and O–H groups in total. The van der Waals surface area contributed by atoms with Crippen LogP contribution in [0.4, 0.5) is 0 Å². The Morgan fingerprint density at radius 1 is 0.909 bits per heavy atom. The molecule has 2 aliphatic carbocycles. The molecule has 1 fully saturated rings. The highest BCUT2D eigenvalue weighted by molar-refractivity contribution is 7.89. The van der Waals surface area contributed by atoms with E-state index in [-0.39, 0.29) is 6.04 Å². The van der Waals surface area contributed by atoms with E-state index < -0.39 is 10.0 Å². The van der Waals surface area contributed by atoms with Gasteiger partial charge in [-0.1, -0.05) is 48.5 Å². The molecule has 0 aliphatic heterocycles. The van der Waals surface area contributed by atoms with Crippen LogP contribution in [0, 0.1) is 5.92 Å². The molecule has 1 heterocycles. The monoisotopic (exact) mass is 461 g/mol. The molecule has 1 atom stereocenters. The van der Waals surface area contributed by atoms with E-state index in [0.29, 0.717) is 30.4 Å². The Hall–Kier alpha value is -2.54. The maximum atomic E-state index is 13.5. The lowest BCUT2D eigenvalue weighted by Gasteiger charge is -2.25. The number of hydrogen-bond acceptors (Lipinski definition) is 4. The molecule has 172 valence electrons. The maximum absolute atomic E-state index is 13.5. The summed E-state index contributed by atoms with van der Waals surface area (Å²) in [6, 6.07) is 21.6. The molecular formula is C27H31N3O2S. The van der Waals surface area contributed by atoms with Crippen LogP contribution in [0.15, 0.2) is 77.8 Å². The molecule has 3 aromatic rings. The lowest BCUT2D eigenvalue weighted by Crippen LogP contribution is -2.32. The van der Waals surface area contributed by atoms with Gasteiger partial charge in [0, 0.05) is 25.8 Å². The van der Waals surface area contributed by atoms with E-state index in [9.17, 15) is 8.42 Å². The Kier molecular flexibility index (Phi) is 6.58. The van der Waals surface area contributed by atoms with E-state index in [1.807, 2.05) is 54.7 Å². The number of aryl methyl sites for hydroxylation is 1. The fraction of sp³-hybridized carbons (Fsp3) is 0.370. The van der Waals surface area contributed by atoms with Crippen LogP contribution >= 0.6 is 0 Å². The van der Waals surface area contributed by atoms with E-state index in [4.69, 9.17) is 0 Å². The van der Waals surface area contributed by atoms with E-state index in [1.54, 1.807) is 16.4 Å². The van der Waals surface area contributed by atoms with Crippen molar-refractivity contribution < 1.29 is 8.42 Å². The van der Waals surface area contributed by atoms with Crippen molar-refractivity contribution in [2.24, 2.45) is 5.92 Å². The van der Waals surface area contributed by atoms with Crippen molar-refractivity contribution in [1.29, 1.82) is 0 Å². The minimum absolute atomic E-state index is 0.248. The van der Waals surface area contributed by atoms with Crippen LogP contribution in [0.1, 0.15) is 54.1 Å². The van der Waals surface area contributed by atoms with Crippen molar-refractivity contribution >= 4 is 10.0 Å². The van der Waals surface area contributed by atoms with Crippen molar-refractivity contribution in [3.8, 4) is 0 Å². The number of hydrogen-bond donors (Lipinski definition) is 1. The van der Waals surface area contributed by atoms with Gasteiger partial charge in [-0.3, -0.25) is 4.98 Å². The molecule has 0 spiro atoms. The van der Waals surface area contributed by atoms with E-state index in [2.05, 4.69) is 16.4 Å². The first-order chi connectivity index (χ1) is 16.1. The fourth-order valence-corrected chi connectivity index (χ4v) is 6.10. The highest BCUT2D eigenvalue weighted by atomic mass is 32.2. The van der Waals surface area contributed by atoms with Gasteiger partial charge in [0.1, 0.15) is 0 Å². The van der Waals surface area contributed by atoms with Crippen molar-refractivity contribution in [3.63, 3.8) is 0 Å². The molecule has 0 bridgehead atoms. The van der Waals surface area contributed by atoms with Crippen molar-refractivity contribution in [1.82, 2.24) is 14.6 Å². The average Bonchev–Trinajstić information content (AvgIpc) is 3.67. The summed E-state index contributed by atoms with van der Waals surface area (Å²) in [7, 11) is -3.54. The molecule has 1 aromatic heterocycles. The third-order valence-corrected chi connectivity index (χ3v) is 8.50. The van der Waals surface area contributed by atoms with Crippen LogP contribution in [0.25, 0.3) is 0 Å². The molecule has 0 radical (unpaired) electrons. The first kappa shape index (κ1) is 22.3.